The lowest BCUT2D eigenvalue weighted by Gasteiger charge is -2.09. The van der Waals surface area contributed by atoms with Gasteiger partial charge in [0.15, 0.2) is 9.84 Å². The largest absolute Gasteiger partial charge is 0.368 e. The van der Waals surface area contributed by atoms with Crippen molar-refractivity contribution in [3.05, 3.63) is 46.6 Å². The Morgan fingerprint density at radius 1 is 1.16 bits per heavy atom. The number of nitrogens with one attached hydrogen (secondary N) is 1. The number of fused-ring (bicyclic) bond motifs is 3. The molecule has 0 amide bonds. The quantitative estimate of drug-likeness (QED) is 0.742. The standard InChI is InChI=1S/C18H19N3O2S2/c1-12-20-17(16-14-8-5-9-15(14)24-18(16)21-12)19-10-11-25(22,23)13-6-3-2-4-7-13/h2-4,6-7H,5,8-11H2,1H3,(H,19,20,21). The summed E-state index contributed by atoms with van der Waals surface area (Å²) in [5.41, 5.74) is 1.34. The summed E-state index contributed by atoms with van der Waals surface area (Å²) in [7, 11) is -3.30. The van der Waals surface area contributed by atoms with Crippen LogP contribution < -0.4 is 5.32 Å². The molecule has 3 aromatic rings. The second kappa shape index (κ2) is 6.38. The van der Waals surface area contributed by atoms with E-state index < -0.39 is 9.84 Å². The molecule has 0 fully saturated rings. The van der Waals surface area contributed by atoms with Gasteiger partial charge in [0.05, 0.1) is 16.0 Å². The molecule has 2 aromatic heterocycles. The lowest BCUT2D eigenvalue weighted by Crippen LogP contribution is -2.17. The molecule has 0 saturated heterocycles. The SMILES string of the molecule is Cc1nc(NCCS(=O)(=O)c2ccccc2)c2c3c(sc2n1)CCC3. The average molecular weight is 374 g/mol. The lowest BCUT2D eigenvalue weighted by atomic mass is 10.2. The highest BCUT2D eigenvalue weighted by Crippen LogP contribution is 2.39. The van der Waals surface area contributed by atoms with Gasteiger partial charge in [-0.05, 0) is 43.9 Å². The summed E-state index contributed by atoms with van der Waals surface area (Å²) < 4.78 is 24.8. The van der Waals surface area contributed by atoms with Crippen LogP contribution in [0.4, 0.5) is 5.82 Å². The molecule has 0 radical (unpaired) electrons. The third kappa shape index (κ3) is 3.14. The van der Waals surface area contributed by atoms with Crippen molar-refractivity contribution < 1.29 is 8.42 Å². The molecule has 1 N–H and O–H groups in total. The molecule has 25 heavy (non-hydrogen) atoms. The maximum Gasteiger partial charge on any atom is 0.180 e. The summed E-state index contributed by atoms with van der Waals surface area (Å²) in [5.74, 6) is 1.51. The fourth-order valence-electron chi connectivity index (χ4n) is 3.28. The van der Waals surface area contributed by atoms with Gasteiger partial charge in [0.1, 0.15) is 16.5 Å². The first kappa shape index (κ1) is 16.5. The summed E-state index contributed by atoms with van der Waals surface area (Å²) in [5, 5.41) is 4.33. The summed E-state index contributed by atoms with van der Waals surface area (Å²) in [6.45, 7) is 2.20. The fraction of sp³-hybridized carbons (Fsp3) is 0.333. The van der Waals surface area contributed by atoms with Crippen LogP contribution in [0.15, 0.2) is 35.2 Å². The van der Waals surface area contributed by atoms with Crippen LogP contribution in [0.5, 0.6) is 0 Å². The van der Waals surface area contributed by atoms with E-state index in [0.29, 0.717) is 17.3 Å². The van der Waals surface area contributed by atoms with E-state index in [1.54, 1.807) is 35.6 Å². The van der Waals surface area contributed by atoms with Gasteiger partial charge in [-0.15, -0.1) is 11.3 Å². The minimum Gasteiger partial charge on any atom is -0.368 e. The van der Waals surface area contributed by atoms with Crippen LogP contribution in [-0.4, -0.2) is 30.7 Å². The zero-order valence-electron chi connectivity index (χ0n) is 13.9. The number of rotatable bonds is 5. The molecule has 5 nitrogen and oxygen atoms in total. The third-order valence-electron chi connectivity index (χ3n) is 4.44. The second-order valence-corrected chi connectivity index (χ2v) is 9.41. The van der Waals surface area contributed by atoms with Gasteiger partial charge in [0.2, 0.25) is 0 Å². The Labute approximate surface area is 151 Å². The van der Waals surface area contributed by atoms with Gasteiger partial charge in [-0.2, -0.15) is 0 Å². The average Bonchev–Trinajstić information content (AvgIpc) is 3.15. The van der Waals surface area contributed by atoms with Crippen molar-refractivity contribution in [3.8, 4) is 0 Å². The van der Waals surface area contributed by atoms with E-state index in [9.17, 15) is 8.42 Å². The Morgan fingerprint density at radius 2 is 1.96 bits per heavy atom. The van der Waals surface area contributed by atoms with Crippen LogP contribution in [0, 0.1) is 6.92 Å². The van der Waals surface area contributed by atoms with Gasteiger partial charge in [-0.1, -0.05) is 18.2 Å². The predicted octanol–water partition coefficient (Wildman–Crippen LogP) is 3.37. The maximum atomic E-state index is 12.4. The van der Waals surface area contributed by atoms with Crippen molar-refractivity contribution >= 4 is 37.2 Å². The van der Waals surface area contributed by atoms with Crippen LogP contribution >= 0.6 is 11.3 Å². The molecule has 1 aliphatic carbocycles. The van der Waals surface area contributed by atoms with Crippen LogP contribution in [0.2, 0.25) is 0 Å². The van der Waals surface area contributed by atoms with Crippen molar-refractivity contribution in [2.75, 3.05) is 17.6 Å². The summed E-state index contributed by atoms with van der Waals surface area (Å²) in [6, 6.07) is 8.57. The second-order valence-electron chi connectivity index (χ2n) is 6.22. The zero-order valence-corrected chi connectivity index (χ0v) is 15.6. The Bertz CT molecular complexity index is 1030. The first-order chi connectivity index (χ1) is 12.0. The van der Waals surface area contributed by atoms with Crippen LogP contribution in [0.25, 0.3) is 10.2 Å². The van der Waals surface area contributed by atoms with Crippen LogP contribution in [-0.2, 0) is 22.7 Å². The Balaban J connectivity index is 1.57. The first-order valence-corrected chi connectivity index (χ1v) is 10.8. The molecule has 0 spiro atoms. The maximum absolute atomic E-state index is 12.4. The van der Waals surface area contributed by atoms with E-state index >= 15 is 0 Å². The molecule has 0 bridgehead atoms. The van der Waals surface area contributed by atoms with Gasteiger partial charge in [-0.25, -0.2) is 18.4 Å². The van der Waals surface area contributed by atoms with Gasteiger partial charge < -0.3 is 5.32 Å². The molecule has 0 atom stereocenters. The highest BCUT2D eigenvalue weighted by Gasteiger charge is 2.22. The Morgan fingerprint density at radius 3 is 2.76 bits per heavy atom. The molecule has 130 valence electrons. The van der Waals surface area contributed by atoms with Gasteiger partial charge in [0, 0.05) is 11.4 Å². The van der Waals surface area contributed by atoms with Gasteiger partial charge in [0.25, 0.3) is 0 Å². The van der Waals surface area contributed by atoms with Gasteiger partial charge in [-0.3, -0.25) is 0 Å². The molecule has 0 unspecified atom stereocenters. The minimum absolute atomic E-state index is 0.0356. The highest BCUT2D eigenvalue weighted by atomic mass is 32.2. The number of hydrogen-bond donors (Lipinski definition) is 1. The summed E-state index contributed by atoms with van der Waals surface area (Å²) in [6.07, 6.45) is 3.34. The van der Waals surface area contributed by atoms with Crippen molar-refractivity contribution in [1.29, 1.82) is 0 Å². The molecular weight excluding hydrogens is 354 g/mol. The number of benzene rings is 1. The molecule has 1 aliphatic rings. The van der Waals surface area contributed by atoms with Crippen molar-refractivity contribution in [2.24, 2.45) is 0 Å². The zero-order chi connectivity index (χ0) is 17.4. The normalized spacial score (nSPS) is 14.0. The third-order valence-corrected chi connectivity index (χ3v) is 7.36. The molecular formula is C18H19N3O2S2. The number of hydrogen-bond acceptors (Lipinski definition) is 6. The summed E-state index contributed by atoms with van der Waals surface area (Å²) in [4.78, 5) is 11.8. The van der Waals surface area contributed by atoms with E-state index in [4.69, 9.17) is 0 Å². The monoisotopic (exact) mass is 373 g/mol. The van der Waals surface area contributed by atoms with Crippen molar-refractivity contribution in [2.45, 2.75) is 31.1 Å². The van der Waals surface area contributed by atoms with Crippen molar-refractivity contribution in [3.63, 3.8) is 0 Å². The van der Waals surface area contributed by atoms with E-state index in [-0.39, 0.29) is 5.75 Å². The number of thiophene rings is 1. The van der Waals surface area contributed by atoms with E-state index in [1.807, 2.05) is 13.0 Å². The predicted molar refractivity (Wildman–Crippen MR) is 101 cm³/mol. The highest BCUT2D eigenvalue weighted by molar-refractivity contribution is 7.91. The number of aromatic nitrogens is 2. The smallest absolute Gasteiger partial charge is 0.180 e. The Kier molecular flexibility index (Phi) is 4.21. The van der Waals surface area contributed by atoms with Crippen LogP contribution in [0.3, 0.4) is 0 Å². The molecule has 1 aromatic carbocycles. The fourth-order valence-corrected chi connectivity index (χ4v) is 5.76. The molecule has 2 heterocycles. The molecule has 0 saturated carbocycles. The van der Waals surface area contributed by atoms with E-state index in [1.165, 1.54) is 16.9 Å². The summed E-state index contributed by atoms with van der Waals surface area (Å²) >= 11 is 1.74. The number of aryl methyl sites for hydroxylation is 3. The lowest BCUT2D eigenvalue weighted by molar-refractivity contribution is 0.596. The van der Waals surface area contributed by atoms with Gasteiger partial charge >= 0.3 is 0 Å². The number of sulfone groups is 1. The molecule has 7 heteroatoms. The molecule has 4 rings (SSSR count). The number of nitrogens with zero attached hydrogens (tertiary/aromatic N) is 2. The Hall–Kier alpha value is -1.99. The van der Waals surface area contributed by atoms with E-state index in [0.717, 1.165) is 28.9 Å². The topological polar surface area (TPSA) is 72.0 Å². The van der Waals surface area contributed by atoms with Crippen LogP contribution in [0.1, 0.15) is 22.7 Å². The first-order valence-electron chi connectivity index (χ1n) is 8.35. The van der Waals surface area contributed by atoms with E-state index in [2.05, 4.69) is 15.3 Å². The molecule has 0 aliphatic heterocycles. The minimum atomic E-state index is -3.30. The number of anilines is 1. The van der Waals surface area contributed by atoms with Crippen molar-refractivity contribution in [1.82, 2.24) is 9.97 Å².